The zero-order valence-corrected chi connectivity index (χ0v) is 23.8. The number of aliphatic hydroxyl groups is 1. The van der Waals surface area contributed by atoms with Gasteiger partial charge in [0.25, 0.3) is 5.91 Å². The first-order valence-electron chi connectivity index (χ1n) is 14.4. The van der Waals surface area contributed by atoms with Gasteiger partial charge in [0.1, 0.15) is 0 Å². The lowest BCUT2D eigenvalue weighted by Crippen LogP contribution is -2.42. The topological polar surface area (TPSA) is 107 Å². The van der Waals surface area contributed by atoms with Gasteiger partial charge in [0.2, 0.25) is 5.95 Å². The van der Waals surface area contributed by atoms with Gasteiger partial charge < -0.3 is 26.0 Å². The first-order chi connectivity index (χ1) is 20.0. The summed E-state index contributed by atoms with van der Waals surface area (Å²) in [6, 6.07) is 18.8. The van der Waals surface area contributed by atoms with Crippen molar-refractivity contribution in [3.63, 3.8) is 0 Å². The van der Waals surface area contributed by atoms with E-state index in [2.05, 4.69) is 25.9 Å². The molecule has 2 aromatic carbocycles. The second-order valence-electron chi connectivity index (χ2n) is 11.1. The summed E-state index contributed by atoms with van der Waals surface area (Å²) < 4.78 is 1.77. The number of piperidine rings is 2. The molecule has 2 saturated heterocycles. The summed E-state index contributed by atoms with van der Waals surface area (Å²) in [5.74, 6) is 1.06. The summed E-state index contributed by atoms with van der Waals surface area (Å²) in [5.41, 5.74) is 3.18. The van der Waals surface area contributed by atoms with Crippen LogP contribution in [0.2, 0.25) is 5.02 Å². The standard InChI is InChI=1S/C31H36ClN7O2/c32-25-9-7-24(8-10-25)31(41)14-19-38(20-15-31)27-4-2-18-39-28(27)36-30(37-39)35-26-11-5-23(6-12-26)29(40)34-17-13-22-3-1-16-33-21-22/h2,4-12,18,22,33,41H,1,3,13-17,19-21H2,(H,34,40)(H,35,37). The number of carbonyl (C=O) groups excluding carboxylic acids is 1. The highest BCUT2D eigenvalue weighted by molar-refractivity contribution is 6.30. The van der Waals surface area contributed by atoms with Crippen LogP contribution in [-0.4, -0.2) is 58.3 Å². The molecular weight excluding hydrogens is 538 g/mol. The molecule has 4 N–H and O–H groups in total. The fraction of sp³-hybridized carbons (Fsp3) is 0.387. The van der Waals surface area contributed by atoms with Gasteiger partial charge in [0.05, 0.1) is 11.3 Å². The van der Waals surface area contributed by atoms with Crippen LogP contribution in [0.1, 0.15) is 48.0 Å². The van der Waals surface area contributed by atoms with Crippen LogP contribution < -0.4 is 20.9 Å². The maximum Gasteiger partial charge on any atom is 0.251 e. The number of anilines is 3. The summed E-state index contributed by atoms with van der Waals surface area (Å²) in [7, 11) is 0. The Morgan fingerprint density at radius 1 is 1.10 bits per heavy atom. The van der Waals surface area contributed by atoms with Crippen LogP contribution in [0.4, 0.5) is 17.3 Å². The molecule has 9 nitrogen and oxygen atoms in total. The van der Waals surface area contributed by atoms with E-state index in [1.54, 1.807) is 4.52 Å². The van der Waals surface area contributed by atoms with Crippen molar-refractivity contribution < 1.29 is 9.90 Å². The van der Waals surface area contributed by atoms with Gasteiger partial charge in [-0.05, 0) is 105 Å². The molecule has 4 aromatic rings. The molecule has 10 heteroatoms. The largest absolute Gasteiger partial charge is 0.385 e. The molecule has 1 amide bonds. The van der Waals surface area contributed by atoms with Crippen molar-refractivity contribution in [3.05, 3.63) is 83.0 Å². The van der Waals surface area contributed by atoms with E-state index in [0.29, 0.717) is 54.9 Å². The molecule has 6 rings (SSSR count). The van der Waals surface area contributed by atoms with Crippen LogP contribution in [0.5, 0.6) is 0 Å². The number of halogens is 1. The molecule has 2 aliphatic heterocycles. The zero-order valence-electron chi connectivity index (χ0n) is 23.0. The van der Waals surface area contributed by atoms with Gasteiger partial charge in [0.15, 0.2) is 5.65 Å². The Bertz CT molecular complexity index is 1470. The van der Waals surface area contributed by atoms with E-state index in [1.807, 2.05) is 66.9 Å². The third-order valence-corrected chi connectivity index (χ3v) is 8.55. The lowest BCUT2D eigenvalue weighted by atomic mass is 9.84. The number of hydrogen-bond donors (Lipinski definition) is 4. The molecule has 1 unspecified atom stereocenters. The van der Waals surface area contributed by atoms with Crippen molar-refractivity contribution in [3.8, 4) is 0 Å². The molecule has 214 valence electrons. The lowest BCUT2D eigenvalue weighted by Gasteiger charge is -2.39. The lowest BCUT2D eigenvalue weighted by molar-refractivity contribution is 0.0118. The molecule has 0 aliphatic carbocycles. The molecule has 1 atom stereocenters. The van der Waals surface area contributed by atoms with Crippen molar-refractivity contribution in [2.75, 3.05) is 42.9 Å². The second-order valence-corrected chi connectivity index (χ2v) is 11.5. The average molecular weight is 574 g/mol. The molecule has 0 bridgehead atoms. The molecule has 0 radical (unpaired) electrons. The minimum absolute atomic E-state index is 0.0553. The van der Waals surface area contributed by atoms with Crippen LogP contribution in [0.3, 0.4) is 0 Å². The third kappa shape index (κ3) is 6.32. The quantitative estimate of drug-likeness (QED) is 0.241. The maximum absolute atomic E-state index is 12.6. The summed E-state index contributed by atoms with van der Waals surface area (Å²) >= 11 is 6.04. The molecule has 0 spiro atoms. The number of amides is 1. The molecule has 2 aromatic heterocycles. The van der Waals surface area contributed by atoms with E-state index in [9.17, 15) is 9.90 Å². The predicted molar refractivity (Wildman–Crippen MR) is 162 cm³/mol. The van der Waals surface area contributed by atoms with Crippen molar-refractivity contribution >= 4 is 40.5 Å². The normalized spacial score (nSPS) is 18.8. The number of carbonyl (C=O) groups is 1. The number of fused-ring (bicyclic) bond motifs is 1. The number of nitrogens with one attached hydrogen (secondary N) is 3. The van der Waals surface area contributed by atoms with Gasteiger partial charge in [-0.3, -0.25) is 4.79 Å². The fourth-order valence-electron chi connectivity index (χ4n) is 5.85. The Morgan fingerprint density at radius 3 is 2.61 bits per heavy atom. The van der Waals surface area contributed by atoms with Crippen LogP contribution in [-0.2, 0) is 5.60 Å². The molecule has 2 fully saturated rings. The highest BCUT2D eigenvalue weighted by atomic mass is 35.5. The molecule has 2 aliphatic rings. The minimum atomic E-state index is -0.873. The number of nitrogens with zero attached hydrogens (tertiary/aromatic N) is 4. The average Bonchev–Trinajstić information content (AvgIpc) is 3.41. The van der Waals surface area contributed by atoms with Crippen molar-refractivity contribution in [1.29, 1.82) is 0 Å². The summed E-state index contributed by atoms with van der Waals surface area (Å²) in [4.78, 5) is 19.6. The Kier molecular flexibility index (Phi) is 8.09. The van der Waals surface area contributed by atoms with E-state index in [0.717, 1.165) is 42.1 Å². The SMILES string of the molecule is O=C(NCCC1CCCNC1)c1ccc(Nc2nc3c(N4CCC(O)(c5ccc(Cl)cc5)CC4)cccn3n2)cc1. The van der Waals surface area contributed by atoms with Gasteiger partial charge in [-0.1, -0.05) is 23.7 Å². The second kappa shape index (κ2) is 12.1. The van der Waals surface area contributed by atoms with Crippen LogP contribution >= 0.6 is 11.6 Å². The number of pyridine rings is 1. The number of hydrogen-bond acceptors (Lipinski definition) is 7. The Hall–Kier alpha value is -3.66. The fourth-order valence-corrected chi connectivity index (χ4v) is 5.98. The smallest absolute Gasteiger partial charge is 0.251 e. The van der Waals surface area contributed by atoms with Crippen LogP contribution in [0.25, 0.3) is 5.65 Å². The minimum Gasteiger partial charge on any atom is -0.385 e. The number of benzene rings is 2. The van der Waals surface area contributed by atoms with Gasteiger partial charge in [-0.2, -0.15) is 4.98 Å². The van der Waals surface area contributed by atoms with Crippen LogP contribution in [0, 0.1) is 5.92 Å². The summed E-state index contributed by atoms with van der Waals surface area (Å²) in [6.45, 7) is 4.21. The molecule has 4 heterocycles. The third-order valence-electron chi connectivity index (χ3n) is 8.29. The first-order valence-corrected chi connectivity index (χ1v) is 14.8. The Balaban J connectivity index is 1.07. The molecule has 41 heavy (non-hydrogen) atoms. The van der Waals surface area contributed by atoms with Gasteiger partial charge in [-0.15, -0.1) is 5.10 Å². The van der Waals surface area contributed by atoms with E-state index < -0.39 is 5.60 Å². The number of rotatable bonds is 8. The summed E-state index contributed by atoms with van der Waals surface area (Å²) in [5, 5.41) is 26.3. The molecule has 0 saturated carbocycles. The highest BCUT2D eigenvalue weighted by Crippen LogP contribution is 2.36. The van der Waals surface area contributed by atoms with Crippen molar-refractivity contribution in [2.45, 2.75) is 37.7 Å². The van der Waals surface area contributed by atoms with Crippen LogP contribution in [0.15, 0.2) is 66.9 Å². The Labute approximate surface area is 244 Å². The van der Waals surface area contributed by atoms with E-state index in [-0.39, 0.29) is 5.91 Å². The van der Waals surface area contributed by atoms with Gasteiger partial charge >= 0.3 is 0 Å². The van der Waals surface area contributed by atoms with E-state index >= 15 is 0 Å². The zero-order chi connectivity index (χ0) is 28.2. The summed E-state index contributed by atoms with van der Waals surface area (Å²) in [6.07, 6.45) is 6.53. The van der Waals surface area contributed by atoms with Crippen molar-refractivity contribution in [1.82, 2.24) is 25.2 Å². The predicted octanol–water partition coefficient (Wildman–Crippen LogP) is 4.73. The van der Waals surface area contributed by atoms with Gasteiger partial charge in [0, 0.05) is 42.1 Å². The van der Waals surface area contributed by atoms with E-state index in [1.165, 1.54) is 12.8 Å². The first kappa shape index (κ1) is 27.5. The Morgan fingerprint density at radius 2 is 1.88 bits per heavy atom. The maximum atomic E-state index is 12.6. The van der Waals surface area contributed by atoms with Gasteiger partial charge in [-0.25, -0.2) is 4.52 Å². The highest BCUT2D eigenvalue weighted by Gasteiger charge is 2.34. The monoisotopic (exact) mass is 573 g/mol. The van der Waals surface area contributed by atoms with Crippen molar-refractivity contribution in [2.24, 2.45) is 5.92 Å². The van der Waals surface area contributed by atoms with E-state index in [4.69, 9.17) is 16.6 Å². The molecular formula is C31H36ClN7O2. The number of aromatic nitrogens is 3.